The van der Waals surface area contributed by atoms with Crippen LogP contribution in [0.1, 0.15) is 12.5 Å². The molecule has 0 bridgehead atoms. The molecule has 0 spiro atoms. The van der Waals surface area contributed by atoms with E-state index in [9.17, 15) is 0 Å². The number of hydrogen-bond acceptors (Lipinski definition) is 5. The van der Waals surface area contributed by atoms with Crippen molar-refractivity contribution in [2.24, 2.45) is 0 Å². The number of carbonyl (C=O) groups is 2. The van der Waals surface area contributed by atoms with Gasteiger partial charge < -0.3 is 25.0 Å². The van der Waals surface area contributed by atoms with Crippen LogP contribution in [0.15, 0.2) is 24.3 Å². The van der Waals surface area contributed by atoms with Crippen LogP contribution in [-0.4, -0.2) is 55.6 Å². The lowest BCUT2D eigenvalue weighted by Gasteiger charge is -2.07. The van der Waals surface area contributed by atoms with E-state index >= 15 is 0 Å². The summed E-state index contributed by atoms with van der Waals surface area (Å²) in [5, 5.41) is 18.0. The molecule has 0 aromatic heterocycles. The fourth-order valence-corrected chi connectivity index (χ4v) is 1.36. The van der Waals surface area contributed by atoms with Gasteiger partial charge in [0.2, 0.25) is 0 Å². The van der Waals surface area contributed by atoms with Crippen molar-refractivity contribution in [2.45, 2.75) is 13.3 Å². The highest BCUT2D eigenvalue weighted by atomic mass is 16.5. The van der Waals surface area contributed by atoms with E-state index in [4.69, 9.17) is 29.3 Å². The van der Waals surface area contributed by atoms with E-state index in [1.165, 1.54) is 5.56 Å². The van der Waals surface area contributed by atoms with Crippen molar-refractivity contribution < 1.29 is 29.3 Å². The number of benzene rings is 1. The van der Waals surface area contributed by atoms with Gasteiger partial charge in [-0.25, -0.2) is 9.59 Å². The average molecular weight is 313 g/mol. The molecule has 0 unspecified atom stereocenters. The number of aryl methyl sites for hydroxylation is 1. The molecule has 0 aliphatic carbocycles. The number of rotatable bonds is 8. The highest BCUT2D eigenvalue weighted by Crippen LogP contribution is 2.11. The molecule has 0 radical (unpaired) electrons. The molecule has 1 aromatic carbocycles. The maximum absolute atomic E-state index is 9.10. The first kappa shape index (κ1) is 19.9. The molecule has 22 heavy (non-hydrogen) atoms. The van der Waals surface area contributed by atoms with Gasteiger partial charge >= 0.3 is 11.9 Å². The second-order valence-electron chi connectivity index (χ2n) is 4.20. The van der Waals surface area contributed by atoms with Crippen LogP contribution in [-0.2, 0) is 20.7 Å². The maximum Gasteiger partial charge on any atom is 0.414 e. The molecule has 0 aliphatic rings. The third kappa shape index (κ3) is 10.6. The lowest BCUT2D eigenvalue weighted by atomic mass is 10.2. The van der Waals surface area contributed by atoms with Crippen LogP contribution in [0.25, 0.3) is 0 Å². The molecule has 3 N–H and O–H groups in total. The van der Waals surface area contributed by atoms with Crippen molar-refractivity contribution in [2.75, 3.05) is 33.4 Å². The van der Waals surface area contributed by atoms with Crippen molar-refractivity contribution in [1.29, 1.82) is 0 Å². The second-order valence-corrected chi connectivity index (χ2v) is 4.20. The normalized spacial score (nSPS) is 9.55. The number of aliphatic carboxylic acids is 2. The molecule has 1 aromatic rings. The minimum atomic E-state index is -1.82. The molecule has 0 amide bonds. The summed E-state index contributed by atoms with van der Waals surface area (Å²) in [6, 6.07) is 8.25. The van der Waals surface area contributed by atoms with Crippen LogP contribution in [0, 0.1) is 0 Å². The van der Waals surface area contributed by atoms with E-state index in [-0.39, 0.29) is 0 Å². The molecule has 0 saturated heterocycles. The van der Waals surface area contributed by atoms with E-state index in [0.29, 0.717) is 6.61 Å². The summed E-state index contributed by atoms with van der Waals surface area (Å²) in [5.74, 6) is -2.71. The summed E-state index contributed by atoms with van der Waals surface area (Å²) in [6.07, 6.45) is 1.07. The number of hydrogen-bond donors (Lipinski definition) is 3. The van der Waals surface area contributed by atoms with Gasteiger partial charge in [0.1, 0.15) is 12.4 Å². The van der Waals surface area contributed by atoms with Crippen LogP contribution in [0.5, 0.6) is 5.75 Å². The van der Waals surface area contributed by atoms with E-state index < -0.39 is 11.9 Å². The van der Waals surface area contributed by atoms with Crippen molar-refractivity contribution in [3.63, 3.8) is 0 Å². The summed E-state index contributed by atoms with van der Waals surface area (Å²) >= 11 is 0. The first-order valence-corrected chi connectivity index (χ1v) is 6.88. The molecular weight excluding hydrogens is 290 g/mol. The lowest BCUT2D eigenvalue weighted by molar-refractivity contribution is -0.159. The Labute approximate surface area is 129 Å². The third-order valence-electron chi connectivity index (χ3n) is 2.55. The molecule has 0 saturated carbocycles. The average Bonchev–Trinajstić information content (AvgIpc) is 2.52. The minimum absolute atomic E-state index is 0.690. The molecular formula is C15H23NO6. The maximum atomic E-state index is 9.10. The Morgan fingerprint density at radius 2 is 1.59 bits per heavy atom. The van der Waals surface area contributed by atoms with Crippen LogP contribution < -0.4 is 10.1 Å². The first-order valence-electron chi connectivity index (χ1n) is 6.88. The Balaban J connectivity index is 0.000000626. The highest BCUT2D eigenvalue weighted by Gasteiger charge is 2.04. The number of carboxylic acid groups (broad SMARTS) is 2. The fraction of sp³-hybridized carbons (Fsp3) is 0.467. The SMILES string of the molecule is CCc1ccc(OCCNCCOC)cc1.O=C(O)C(=O)O. The quantitative estimate of drug-likeness (QED) is 0.486. The predicted molar refractivity (Wildman–Crippen MR) is 81.3 cm³/mol. The molecule has 0 aliphatic heterocycles. The van der Waals surface area contributed by atoms with Gasteiger partial charge in [0.15, 0.2) is 0 Å². The number of methoxy groups -OCH3 is 1. The molecule has 7 nitrogen and oxygen atoms in total. The van der Waals surface area contributed by atoms with Gasteiger partial charge in [0, 0.05) is 20.2 Å². The molecule has 0 fully saturated rings. The smallest absolute Gasteiger partial charge is 0.414 e. The van der Waals surface area contributed by atoms with E-state index in [1.807, 2.05) is 12.1 Å². The van der Waals surface area contributed by atoms with Crippen molar-refractivity contribution in [1.82, 2.24) is 5.32 Å². The summed E-state index contributed by atoms with van der Waals surface area (Å²) in [7, 11) is 1.70. The Morgan fingerprint density at radius 1 is 1.05 bits per heavy atom. The van der Waals surface area contributed by atoms with E-state index in [0.717, 1.165) is 31.9 Å². The van der Waals surface area contributed by atoms with Crippen LogP contribution in [0.4, 0.5) is 0 Å². The second kappa shape index (κ2) is 12.6. The van der Waals surface area contributed by atoms with Gasteiger partial charge in [-0.1, -0.05) is 19.1 Å². The fourth-order valence-electron chi connectivity index (χ4n) is 1.36. The summed E-state index contributed by atoms with van der Waals surface area (Å²) in [4.78, 5) is 18.2. The van der Waals surface area contributed by atoms with Crippen LogP contribution in [0.2, 0.25) is 0 Å². The summed E-state index contributed by atoms with van der Waals surface area (Å²) in [5.41, 5.74) is 1.34. The lowest BCUT2D eigenvalue weighted by Crippen LogP contribution is -2.24. The van der Waals surface area contributed by atoms with Gasteiger partial charge in [0.05, 0.1) is 6.61 Å². The predicted octanol–water partition coefficient (Wildman–Crippen LogP) is 1.02. The van der Waals surface area contributed by atoms with Crippen LogP contribution >= 0.6 is 0 Å². The highest BCUT2D eigenvalue weighted by molar-refractivity contribution is 6.27. The zero-order valence-corrected chi connectivity index (χ0v) is 12.9. The standard InChI is InChI=1S/C13H21NO2.C2H2O4/c1-3-12-4-6-13(7-5-12)16-11-9-14-8-10-15-2;3-1(4)2(5)6/h4-7,14H,3,8-11H2,1-2H3;(H,3,4)(H,5,6). The zero-order valence-electron chi connectivity index (χ0n) is 12.9. The third-order valence-corrected chi connectivity index (χ3v) is 2.55. The Kier molecular flexibility index (Phi) is 11.4. The number of ether oxygens (including phenoxy) is 2. The topological polar surface area (TPSA) is 105 Å². The van der Waals surface area contributed by atoms with Gasteiger partial charge in [-0.2, -0.15) is 0 Å². The molecule has 0 atom stereocenters. The van der Waals surface area contributed by atoms with Gasteiger partial charge in [-0.15, -0.1) is 0 Å². The van der Waals surface area contributed by atoms with Crippen molar-refractivity contribution in [3.05, 3.63) is 29.8 Å². The first-order chi connectivity index (χ1) is 10.5. The van der Waals surface area contributed by atoms with E-state index in [1.54, 1.807) is 7.11 Å². The molecule has 124 valence electrons. The largest absolute Gasteiger partial charge is 0.492 e. The summed E-state index contributed by atoms with van der Waals surface area (Å²) < 4.78 is 10.5. The van der Waals surface area contributed by atoms with Gasteiger partial charge in [0.25, 0.3) is 0 Å². The molecule has 1 rings (SSSR count). The number of carboxylic acids is 2. The monoisotopic (exact) mass is 313 g/mol. The van der Waals surface area contributed by atoms with Crippen molar-refractivity contribution >= 4 is 11.9 Å². The minimum Gasteiger partial charge on any atom is -0.492 e. The number of nitrogens with one attached hydrogen (secondary N) is 1. The zero-order chi connectivity index (χ0) is 16.8. The Hall–Kier alpha value is -2.12. The summed E-state index contributed by atoms with van der Waals surface area (Å²) in [6.45, 7) is 5.30. The van der Waals surface area contributed by atoms with Gasteiger partial charge in [-0.05, 0) is 24.1 Å². The van der Waals surface area contributed by atoms with Crippen LogP contribution in [0.3, 0.4) is 0 Å². The molecule has 0 heterocycles. The van der Waals surface area contributed by atoms with E-state index in [2.05, 4.69) is 24.4 Å². The van der Waals surface area contributed by atoms with Gasteiger partial charge in [-0.3, -0.25) is 0 Å². The van der Waals surface area contributed by atoms with Crippen molar-refractivity contribution in [3.8, 4) is 5.75 Å². The Bertz CT molecular complexity index is 420. The molecule has 7 heteroatoms. The Morgan fingerprint density at radius 3 is 2.05 bits per heavy atom.